The van der Waals surface area contributed by atoms with Crippen LogP contribution >= 0.6 is 34.5 Å². The number of rotatable bonds is 3. The number of thiophene rings is 1. The first-order chi connectivity index (χ1) is 6.74. The molecular formula is C11H14Cl2S. The van der Waals surface area contributed by atoms with E-state index in [2.05, 4.69) is 6.07 Å². The van der Waals surface area contributed by atoms with Crippen molar-refractivity contribution < 1.29 is 0 Å². The van der Waals surface area contributed by atoms with Crippen molar-refractivity contribution in [3.8, 4) is 0 Å². The van der Waals surface area contributed by atoms with E-state index in [-0.39, 0.29) is 0 Å². The minimum absolute atomic E-state index is 0.371. The fraction of sp³-hybridized carbons (Fsp3) is 0.636. The highest BCUT2D eigenvalue weighted by molar-refractivity contribution is 7.16. The summed E-state index contributed by atoms with van der Waals surface area (Å²) in [7, 11) is 0. The molecule has 0 aromatic carbocycles. The van der Waals surface area contributed by atoms with Crippen LogP contribution in [-0.4, -0.2) is 5.88 Å². The molecule has 1 fully saturated rings. The molecule has 78 valence electrons. The summed E-state index contributed by atoms with van der Waals surface area (Å²) in [4.78, 5) is 1.39. The van der Waals surface area contributed by atoms with E-state index < -0.39 is 0 Å². The lowest BCUT2D eigenvalue weighted by molar-refractivity contribution is 0.343. The molecule has 1 aromatic heterocycles. The predicted octanol–water partition coefficient (Wildman–Crippen LogP) is 4.74. The maximum Gasteiger partial charge on any atom is 0.0931 e. The van der Waals surface area contributed by atoms with Crippen molar-refractivity contribution in [3.05, 3.63) is 21.3 Å². The van der Waals surface area contributed by atoms with E-state index in [1.807, 2.05) is 6.07 Å². The zero-order chi connectivity index (χ0) is 10.0. The fourth-order valence-electron chi connectivity index (χ4n) is 2.30. The van der Waals surface area contributed by atoms with Gasteiger partial charge in [0.15, 0.2) is 0 Å². The van der Waals surface area contributed by atoms with Gasteiger partial charge in [-0.25, -0.2) is 0 Å². The summed E-state index contributed by atoms with van der Waals surface area (Å²) >= 11 is 13.7. The fourth-order valence-corrected chi connectivity index (χ4v) is 3.92. The standard InChI is InChI=1S/C11H14Cl2S/c12-8-11(5-1-2-6-11)7-9-3-4-10(13)14-9/h3-4H,1-2,5-8H2. The Morgan fingerprint density at radius 3 is 2.50 bits per heavy atom. The van der Waals surface area contributed by atoms with Crippen LogP contribution in [0.1, 0.15) is 30.6 Å². The van der Waals surface area contributed by atoms with Gasteiger partial charge in [0.2, 0.25) is 0 Å². The average molecular weight is 249 g/mol. The summed E-state index contributed by atoms with van der Waals surface area (Å²) in [6.07, 6.45) is 6.36. The molecule has 0 N–H and O–H groups in total. The van der Waals surface area contributed by atoms with Gasteiger partial charge in [-0.15, -0.1) is 22.9 Å². The lowest BCUT2D eigenvalue weighted by Crippen LogP contribution is -2.20. The third-order valence-electron chi connectivity index (χ3n) is 3.13. The van der Waals surface area contributed by atoms with Crippen LogP contribution in [0.25, 0.3) is 0 Å². The van der Waals surface area contributed by atoms with Crippen LogP contribution in [0.15, 0.2) is 12.1 Å². The minimum Gasteiger partial charge on any atom is -0.128 e. The van der Waals surface area contributed by atoms with Crippen LogP contribution in [0, 0.1) is 5.41 Å². The average Bonchev–Trinajstić information content (AvgIpc) is 2.77. The molecule has 1 saturated carbocycles. The van der Waals surface area contributed by atoms with Gasteiger partial charge in [0.05, 0.1) is 4.34 Å². The lowest BCUT2D eigenvalue weighted by atomic mass is 9.84. The van der Waals surface area contributed by atoms with Gasteiger partial charge in [-0.3, -0.25) is 0 Å². The Labute approximate surface area is 99.2 Å². The molecule has 1 aromatic rings. The number of alkyl halides is 1. The molecule has 2 rings (SSSR count). The SMILES string of the molecule is ClCC1(Cc2ccc(Cl)s2)CCCC1. The summed E-state index contributed by atoms with van der Waals surface area (Å²) < 4.78 is 0.891. The van der Waals surface area contributed by atoms with Crippen molar-refractivity contribution in [3.63, 3.8) is 0 Å². The van der Waals surface area contributed by atoms with E-state index in [0.717, 1.165) is 16.6 Å². The van der Waals surface area contributed by atoms with Crippen molar-refractivity contribution in [2.24, 2.45) is 5.41 Å². The van der Waals surface area contributed by atoms with Gasteiger partial charge in [-0.05, 0) is 36.8 Å². The first-order valence-electron chi connectivity index (χ1n) is 5.04. The van der Waals surface area contributed by atoms with E-state index in [1.54, 1.807) is 11.3 Å². The van der Waals surface area contributed by atoms with Gasteiger partial charge in [0, 0.05) is 10.8 Å². The largest absolute Gasteiger partial charge is 0.128 e. The molecular weight excluding hydrogens is 235 g/mol. The maximum atomic E-state index is 6.09. The molecule has 0 atom stereocenters. The third kappa shape index (κ3) is 2.26. The number of halogens is 2. The quantitative estimate of drug-likeness (QED) is 0.678. The molecule has 0 unspecified atom stereocenters. The van der Waals surface area contributed by atoms with Crippen molar-refractivity contribution in [2.45, 2.75) is 32.1 Å². The smallest absolute Gasteiger partial charge is 0.0931 e. The third-order valence-corrected chi connectivity index (χ3v) is 4.92. The summed E-state index contributed by atoms with van der Waals surface area (Å²) in [6, 6.07) is 4.12. The highest BCUT2D eigenvalue weighted by atomic mass is 35.5. The van der Waals surface area contributed by atoms with Crippen LogP contribution in [0.3, 0.4) is 0 Å². The molecule has 3 heteroatoms. The number of hydrogen-bond donors (Lipinski definition) is 0. The second-order valence-corrected chi connectivity index (χ2v) is 6.29. The molecule has 0 aliphatic heterocycles. The van der Waals surface area contributed by atoms with Gasteiger partial charge < -0.3 is 0 Å². The van der Waals surface area contributed by atoms with Gasteiger partial charge in [-0.2, -0.15) is 0 Å². The van der Waals surface area contributed by atoms with Gasteiger partial charge in [0.1, 0.15) is 0 Å². The van der Waals surface area contributed by atoms with Gasteiger partial charge in [0.25, 0.3) is 0 Å². The minimum atomic E-state index is 0.371. The van der Waals surface area contributed by atoms with E-state index in [4.69, 9.17) is 23.2 Å². The Kier molecular flexibility index (Phi) is 3.41. The lowest BCUT2D eigenvalue weighted by Gasteiger charge is -2.25. The molecule has 1 aliphatic carbocycles. The van der Waals surface area contributed by atoms with Crippen LogP contribution < -0.4 is 0 Å². The molecule has 0 bridgehead atoms. The summed E-state index contributed by atoms with van der Waals surface area (Å²) in [5.41, 5.74) is 0.371. The highest BCUT2D eigenvalue weighted by Gasteiger charge is 2.33. The Morgan fingerprint density at radius 2 is 2.00 bits per heavy atom. The van der Waals surface area contributed by atoms with Crippen molar-refractivity contribution in [2.75, 3.05) is 5.88 Å². The van der Waals surface area contributed by atoms with E-state index in [9.17, 15) is 0 Å². The summed E-state index contributed by atoms with van der Waals surface area (Å²) in [5.74, 6) is 0.794. The van der Waals surface area contributed by atoms with Crippen LogP contribution in [0.2, 0.25) is 4.34 Å². The normalized spacial score (nSPS) is 20.1. The topological polar surface area (TPSA) is 0 Å². The van der Waals surface area contributed by atoms with E-state index in [0.29, 0.717) is 5.41 Å². The zero-order valence-electron chi connectivity index (χ0n) is 8.06. The molecule has 0 spiro atoms. The Hall–Kier alpha value is 0.280. The van der Waals surface area contributed by atoms with Crippen LogP contribution in [0.5, 0.6) is 0 Å². The van der Waals surface area contributed by atoms with Crippen LogP contribution in [-0.2, 0) is 6.42 Å². The Balaban J connectivity index is 2.08. The molecule has 14 heavy (non-hydrogen) atoms. The van der Waals surface area contributed by atoms with Gasteiger partial charge >= 0.3 is 0 Å². The summed E-state index contributed by atoms with van der Waals surface area (Å²) in [6.45, 7) is 0. The molecule has 0 saturated heterocycles. The predicted molar refractivity (Wildman–Crippen MR) is 64.7 cm³/mol. The summed E-state index contributed by atoms with van der Waals surface area (Å²) in [5, 5.41) is 0. The number of hydrogen-bond acceptors (Lipinski definition) is 1. The Bertz CT molecular complexity index is 300. The maximum absolute atomic E-state index is 6.09. The van der Waals surface area contributed by atoms with Gasteiger partial charge in [-0.1, -0.05) is 24.4 Å². The first-order valence-corrected chi connectivity index (χ1v) is 6.77. The monoisotopic (exact) mass is 248 g/mol. The highest BCUT2D eigenvalue weighted by Crippen LogP contribution is 2.43. The van der Waals surface area contributed by atoms with Crippen molar-refractivity contribution in [1.82, 2.24) is 0 Å². The van der Waals surface area contributed by atoms with Crippen molar-refractivity contribution in [1.29, 1.82) is 0 Å². The van der Waals surface area contributed by atoms with Crippen molar-refractivity contribution >= 4 is 34.5 Å². The second kappa shape index (κ2) is 4.42. The molecule has 1 aliphatic rings. The molecule has 0 nitrogen and oxygen atoms in total. The molecule has 1 heterocycles. The second-order valence-electron chi connectivity index (χ2n) is 4.22. The van der Waals surface area contributed by atoms with E-state index in [1.165, 1.54) is 30.6 Å². The van der Waals surface area contributed by atoms with Crippen LogP contribution in [0.4, 0.5) is 0 Å². The Morgan fingerprint density at radius 1 is 1.29 bits per heavy atom. The molecule has 0 amide bonds. The molecule has 0 radical (unpaired) electrons. The first kappa shape index (κ1) is 10.8. The van der Waals surface area contributed by atoms with E-state index >= 15 is 0 Å². The zero-order valence-corrected chi connectivity index (χ0v) is 10.4.